The zero-order valence-electron chi connectivity index (χ0n) is 9.82. The molecule has 4 heteroatoms. The monoisotopic (exact) mass is 297 g/mol. The van der Waals surface area contributed by atoms with Crippen molar-refractivity contribution >= 4 is 27.6 Å². The minimum Gasteiger partial charge on any atom is -0.481 e. The molecule has 0 atom stereocenters. The second-order valence-corrected chi connectivity index (χ2v) is 5.69. The molecule has 2 rings (SSSR count). The molecule has 0 radical (unpaired) electrons. The normalized spacial score (nSPS) is 17.3. The minimum atomic E-state index is -0.660. The van der Waals surface area contributed by atoms with Gasteiger partial charge in [-0.3, -0.25) is 4.79 Å². The van der Waals surface area contributed by atoms with Gasteiger partial charge in [-0.15, -0.1) is 0 Å². The highest BCUT2D eigenvalue weighted by molar-refractivity contribution is 9.10. The van der Waals surface area contributed by atoms with Gasteiger partial charge in [-0.2, -0.15) is 0 Å². The molecule has 1 aliphatic rings. The molecular formula is C13H16BrNO2. The van der Waals surface area contributed by atoms with Crippen molar-refractivity contribution in [3.05, 3.63) is 28.7 Å². The lowest BCUT2D eigenvalue weighted by Gasteiger charge is -2.41. The molecule has 0 amide bonds. The summed E-state index contributed by atoms with van der Waals surface area (Å²) in [7, 11) is 1.95. The number of rotatable bonds is 4. The van der Waals surface area contributed by atoms with Gasteiger partial charge in [0.05, 0.1) is 5.41 Å². The van der Waals surface area contributed by atoms with Gasteiger partial charge in [-0.1, -0.05) is 22.4 Å². The van der Waals surface area contributed by atoms with E-state index in [2.05, 4.69) is 15.9 Å². The average Bonchev–Trinajstić information content (AvgIpc) is 2.23. The number of hydrogen-bond acceptors (Lipinski definition) is 2. The standard InChI is InChI=1S/C13H16BrNO2/c1-15(11-5-3-10(14)4-6-11)9-13(12(16)17)7-2-8-13/h3-6H,2,7-9H2,1H3,(H,16,17). The summed E-state index contributed by atoms with van der Waals surface area (Å²) in [5.41, 5.74) is 0.530. The van der Waals surface area contributed by atoms with Gasteiger partial charge in [0, 0.05) is 23.8 Å². The van der Waals surface area contributed by atoms with Crippen LogP contribution in [0.1, 0.15) is 19.3 Å². The second kappa shape index (κ2) is 4.69. The maximum absolute atomic E-state index is 11.3. The van der Waals surface area contributed by atoms with E-state index in [0.29, 0.717) is 6.54 Å². The summed E-state index contributed by atoms with van der Waals surface area (Å²) in [6.07, 6.45) is 2.62. The van der Waals surface area contributed by atoms with Crippen molar-refractivity contribution in [1.29, 1.82) is 0 Å². The Hall–Kier alpha value is -1.03. The number of nitrogens with zero attached hydrogens (tertiary/aromatic N) is 1. The van der Waals surface area contributed by atoms with E-state index in [-0.39, 0.29) is 0 Å². The summed E-state index contributed by atoms with van der Waals surface area (Å²) in [5.74, 6) is -0.660. The van der Waals surface area contributed by atoms with Crippen LogP contribution in [0.4, 0.5) is 5.69 Å². The average molecular weight is 298 g/mol. The summed E-state index contributed by atoms with van der Waals surface area (Å²) < 4.78 is 1.03. The lowest BCUT2D eigenvalue weighted by atomic mass is 9.68. The highest BCUT2D eigenvalue weighted by Crippen LogP contribution is 2.42. The Morgan fingerprint density at radius 1 is 1.41 bits per heavy atom. The zero-order chi connectivity index (χ0) is 12.5. The molecule has 1 aromatic rings. The molecule has 0 saturated heterocycles. The molecule has 3 nitrogen and oxygen atoms in total. The Morgan fingerprint density at radius 3 is 2.41 bits per heavy atom. The van der Waals surface area contributed by atoms with E-state index in [0.717, 1.165) is 29.4 Å². The predicted molar refractivity (Wildman–Crippen MR) is 71.3 cm³/mol. The maximum atomic E-state index is 11.3. The van der Waals surface area contributed by atoms with Gasteiger partial charge < -0.3 is 10.0 Å². The van der Waals surface area contributed by atoms with Gasteiger partial charge in [0.1, 0.15) is 0 Å². The van der Waals surface area contributed by atoms with Crippen LogP contribution in [0.2, 0.25) is 0 Å². The first-order chi connectivity index (χ1) is 8.03. The third-order valence-electron chi connectivity index (χ3n) is 3.57. The van der Waals surface area contributed by atoms with Crippen molar-refractivity contribution in [2.45, 2.75) is 19.3 Å². The first kappa shape index (κ1) is 12.4. The quantitative estimate of drug-likeness (QED) is 0.928. The minimum absolute atomic E-state index is 0.526. The van der Waals surface area contributed by atoms with Gasteiger partial charge >= 0.3 is 5.97 Å². The van der Waals surface area contributed by atoms with Gasteiger partial charge in [0.15, 0.2) is 0 Å². The smallest absolute Gasteiger partial charge is 0.311 e. The van der Waals surface area contributed by atoms with E-state index in [1.165, 1.54) is 0 Å². The number of benzene rings is 1. The van der Waals surface area contributed by atoms with Crippen LogP contribution in [0, 0.1) is 5.41 Å². The number of carbonyl (C=O) groups is 1. The van der Waals surface area contributed by atoms with Crippen molar-refractivity contribution in [3.8, 4) is 0 Å². The highest BCUT2D eigenvalue weighted by atomic mass is 79.9. The van der Waals surface area contributed by atoms with Crippen molar-refractivity contribution in [2.24, 2.45) is 5.41 Å². The van der Waals surface area contributed by atoms with Crippen LogP contribution in [0.25, 0.3) is 0 Å². The lowest BCUT2D eigenvalue weighted by Crippen LogP contribution is -2.46. The maximum Gasteiger partial charge on any atom is 0.311 e. The first-order valence-corrected chi connectivity index (χ1v) is 6.53. The van der Waals surface area contributed by atoms with Gasteiger partial charge in [0.2, 0.25) is 0 Å². The number of carboxylic acid groups (broad SMARTS) is 1. The van der Waals surface area contributed by atoms with Gasteiger partial charge in [0.25, 0.3) is 0 Å². The second-order valence-electron chi connectivity index (χ2n) is 4.77. The van der Waals surface area contributed by atoms with Crippen molar-refractivity contribution in [1.82, 2.24) is 0 Å². The fraction of sp³-hybridized carbons (Fsp3) is 0.462. The van der Waals surface area contributed by atoms with Gasteiger partial charge in [-0.05, 0) is 37.1 Å². The van der Waals surface area contributed by atoms with E-state index in [1.807, 2.05) is 36.2 Å². The van der Waals surface area contributed by atoms with E-state index in [4.69, 9.17) is 0 Å². The van der Waals surface area contributed by atoms with Crippen LogP contribution in [0.15, 0.2) is 28.7 Å². The molecule has 1 fully saturated rings. The van der Waals surface area contributed by atoms with Crippen molar-refractivity contribution in [3.63, 3.8) is 0 Å². The van der Waals surface area contributed by atoms with Crippen LogP contribution in [0.3, 0.4) is 0 Å². The number of halogens is 1. The van der Waals surface area contributed by atoms with E-state index in [9.17, 15) is 9.90 Å². The molecule has 1 N–H and O–H groups in total. The summed E-state index contributed by atoms with van der Waals surface area (Å²) in [6.45, 7) is 0.587. The molecule has 0 unspecified atom stereocenters. The number of anilines is 1. The van der Waals surface area contributed by atoms with Gasteiger partial charge in [-0.25, -0.2) is 0 Å². The van der Waals surface area contributed by atoms with Crippen LogP contribution < -0.4 is 4.90 Å². The molecule has 17 heavy (non-hydrogen) atoms. The molecule has 0 aliphatic heterocycles. The molecule has 0 aromatic heterocycles. The molecule has 1 aliphatic carbocycles. The Kier molecular flexibility index (Phi) is 3.43. The molecule has 1 aromatic carbocycles. The Labute approximate surface area is 110 Å². The zero-order valence-corrected chi connectivity index (χ0v) is 11.4. The fourth-order valence-corrected chi connectivity index (χ4v) is 2.55. The van der Waals surface area contributed by atoms with E-state index < -0.39 is 11.4 Å². The SMILES string of the molecule is CN(CC1(C(=O)O)CCC1)c1ccc(Br)cc1. The summed E-state index contributed by atoms with van der Waals surface area (Å²) in [5, 5.41) is 9.29. The third kappa shape index (κ3) is 2.46. The van der Waals surface area contributed by atoms with Crippen molar-refractivity contribution < 1.29 is 9.90 Å². The largest absolute Gasteiger partial charge is 0.481 e. The van der Waals surface area contributed by atoms with Crippen molar-refractivity contribution in [2.75, 3.05) is 18.5 Å². The van der Waals surface area contributed by atoms with Crippen LogP contribution in [-0.4, -0.2) is 24.7 Å². The predicted octanol–water partition coefficient (Wildman–Crippen LogP) is 3.14. The molecule has 1 saturated carbocycles. The molecular weight excluding hydrogens is 282 g/mol. The Morgan fingerprint density at radius 2 is 2.00 bits per heavy atom. The van der Waals surface area contributed by atoms with Crippen LogP contribution in [0.5, 0.6) is 0 Å². The third-order valence-corrected chi connectivity index (χ3v) is 4.10. The molecule has 0 heterocycles. The summed E-state index contributed by atoms with van der Waals surface area (Å²) in [6, 6.07) is 7.94. The first-order valence-electron chi connectivity index (χ1n) is 5.74. The van der Waals surface area contributed by atoms with Crippen LogP contribution in [-0.2, 0) is 4.79 Å². The topological polar surface area (TPSA) is 40.5 Å². The number of carboxylic acids is 1. The lowest BCUT2D eigenvalue weighted by molar-refractivity contribution is -0.153. The van der Waals surface area contributed by atoms with E-state index in [1.54, 1.807) is 0 Å². The summed E-state index contributed by atoms with van der Waals surface area (Å²) in [4.78, 5) is 13.3. The molecule has 0 spiro atoms. The van der Waals surface area contributed by atoms with Crippen LogP contribution >= 0.6 is 15.9 Å². The Bertz CT molecular complexity index is 412. The highest BCUT2D eigenvalue weighted by Gasteiger charge is 2.45. The molecule has 0 bridgehead atoms. The number of hydrogen-bond donors (Lipinski definition) is 1. The Balaban J connectivity index is 2.08. The fourth-order valence-electron chi connectivity index (χ4n) is 2.28. The van der Waals surface area contributed by atoms with E-state index >= 15 is 0 Å². The molecule has 92 valence electrons. The summed E-state index contributed by atoms with van der Waals surface area (Å²) >= 11 is 3.39. The number of aliphatic carboxylic acids is 1.